The molecule has 3 rings (SSSR count). The largest absolute Gasteiger partial charge is 0.485 e. The average Bonchev–Trinajstić information content (AvgIpc) is 2.67. The summed E-state index contributed by atoms with van der Waals surface area (Å²) < 4.78 is 16.0. The van der Waals surface area contributed by atoms with Crippen LogP contribution in [0.15, 0.2) is 42.5 Å². The predicted molar refractivity (Wildman–Crippen MR) is 100 cm³/mol. The zero-order chi connectivity index (χ0) is 19.4. The Labute approximate surface area is 166 Å². The van der Waals surface area contributed by atoms with Crippen LogP contribution in [0.1, 0.15) is 18.5 Å². The van der Waals surface area contributed by atoms with Crippen molar-refractivity contribution in [3.8, 4) is 11.5 Å². The van der Waals surface area contributed by atoms with Crippen molar-refractivity contribution >= 4 is 35.1 Å². The highest BCUT2D eigenvalue weighted by molar-refractivity contribution is 6.42. The van der Waals surface area contributed by atoms with Gasteiger partial charge in [0.2, 0.25) is 6.10 Å². The van der Waals surface area contributed by atoms with E-state index in [1.165, 1.54) is 0 Å². The number of carbonyl (C=O) groups is 2. The van der Waals surface area contributed by atoms with Crippen LogP contribution in [0.3, 0.4) is 0 Å². The van der Waals surface area contributed by atoms with Crippen LogP contribution in [0.5, 0.6) is 11.5 Å². The molecule has 1 aliphatic rings. The molecular formula is C19H17Cl2NO5. The molecule has 6 nitrogen and oxygen atoms in total. The number of rotatable bonds is 5. The van der Waals surface area contributed by atoms with Crippen molar-refractivity contribution in [2.75, 3.05) is 13.2 Å². The van der Waals surface area contributed by atoms with E-state index in [2.05, 4.69) is 5.32 Å². The van der Waals surface area contributed by atoms with Crippen molar-refractivity contribution in [1.82, 2.24) is 5.32 Å². The Hall–Kier alpha value is -2.44. The molecule has 2 aromatic carbocycles. The highest BCUT2D eigenvalue weighted by Gasteiger charge is 2.29. The molecule has 0 saturated heterocycles. The lowest BCUT2D eigenvalue weighted by atomic mass is 10.1. The van der Waals surface area contributed by atoms with Gasteiger partial charge < -0.3 is 19.5 Å². The number of halogens is 2. The molecule has 1 aliphatic heterocycles. The Balaban J connectivity index is 1.49. The highest BCUT2D eigenvalue weighted by Crippen LogP contribution is 2.31. The molecule has 8 heteroatoms. The quantitative estimate of drug-likeness (QED) is 0.764. The fraction of sp³-hybridized carbons (Fsp3) is 0.263. The summed E-state index contributed by atoms with van der Waals surface area (Å²) in [5.41, 5.74) is 0.782. The van der Waals surface area contributed by atoms with Gasteiger partial charge in [-0.25, -0.2) is 4.79 Å². The number of para-hydroxylation sites is 2. The van der Waals surface area contributed by atoms with E-state index in [4.69, 9.17) is 37.4 Å². The molecular weight excluding hydrogens is 393 g/mol. The number of fused-ring (bicyclic) bond motifs is 1. The average molecular weight is 410 g/mol. The molecule has 1 heterocycles. The Morgan fingerprint density at radius 1 is 1.19 bits per heavy atom. The predicted octanol–water partition coefficient (Wildman–Crippen LogP) is 3.55. The summed E-state index contributed by atoms with van der Waals surface area (Å²) in [4.78, 5) is 24.2. The van der Waals surface area contributed by atoms with Crippen LogP contribution in [0.2, 0.25) is 10.0 Å². The molecule has 0 saturated carbocycles. The fourth-order valence-electron chi connectivity index (χ4n) is 2.51. The molecule has 0 unspecified atom stereocenters. The lowest BCUT2D eigenvalue weighted by molar-refractivity contribution is -0.157. The van der Waals surface area contributed by atoms with Crippen LogP contribution in [0, 0.1) is 0 Å². The molecule has 0 fully saturated rings. The number of carbonyl (C=O) groups excluding carboxylic acids is 2. The summed E-state index contributed by atoms with van der Waals surface area (Å²) in [7, 11) is 0. The van der Waals surface area contributed by atoms with Gasteiger partial charge in [0.25, 0.3) is 5.91 Å². The van der Waals surface area contributed by atoms with Crippen LogP contribution in [0.4, 0.5) is 0 Å². The lowest BCUT2D eigenvalue weighted by Gasteiger charge is -2.25. The fourth-order valence-corrected chi connectivity index (χ4v) is 2.82. The normalized spacial score (nSPS) is 16.3. The van der Waals surface area contributed by atoms with Crippen LogP contribution in [-0.4, -0.2) is 31.2 Å². The van der Waals surface area contributed by atoms with Crippen molar-refractivity contribution < 1.29 is 23.8 Å². The summed E-state index contributed by atoms with van der Waals surface area (Å²) in [6.07, 6.45) is -0.916. The van der Waals surface area contributed by atoms with Crippen molar-refractivity contribution in [2.45, 2.75) is 19.1 Å². The van der Waals surface area contributed by atoms with Gasteiger partial charge in [0.1, 0.15) is 6.61 Å². The van der Waals surface area contributed by atoms with Crippen LogP contribution in [-0.2, 0) is 14.3 Å². The number of benzene rings is 2. The van der Waals surface area contributed by atoms with E-state index < -0.39 is 24.6 Å². The first-order chi connectivity index (χ1) is 12.9. The molecule has 0 aliphatic carbocycles. The van der Waals surface area contributed by atoms with Gasteiger partial charge in [0.15, 0.2) is 18.1 Å². The number of ether oxygens (including phenoxy) is 3. The first kappa shape index (κ1) is 19.3. The first-order valence-corrected chi connectivity index (χ1v) is 8.99. The van der Waals surface area contributed by atoms with E-state index >= 15 is 0 Å². The standard InChI is InChI=1S/C19H17Cl2NO5/c1-11(12-6-7-13(20)14(21)8-12)22-18(23)10-26-19(24)17-9-25-15-4-2-3-5-16(15)27-17/h2-8,11,17H,9-10H2,1H3,(H,22,23)/t11-,17-/m1/s1. The smallest absolute Gasteiger partial charge is 0.351 e. The van der Waals surface area contributed by atoms with Gasteiger partial charge in [-0.05, 0) is 36.8 Å². The van der Waals surface area contributed by atoms with E-state index in [9.17, 15) is 9.59 Å². The van der Waals surface area contributed by atoms with E-state index in [1.807, 2.05) is 0 Å². The van der Waals surface area contributed by atoms with E-state index in [0.29, 0.717) is 21.5 Å². The minimum absolute atomic E-state index is 0.0249. The summed E-state index contributed by atoms with van der Waals surface area (Å²) in [6.45, 7) is 1.39. The minimum atomic E-state index is -0.916. The summed E-state index contributed by atoms with van der Waals surface area (Å²) in [5, 5.41) is 3.56. The van der Waals surface area contributed by atoms with E-state index in [1.54, 1.807) is 49.4 Å². The summed E-state index contributed by atoms with van der Waals surface area (Å²) in [6, 6.07) is 11.8. The van der Waals surface area contributed by atoms with Gasteiger partial charge in [-0.3, -0.25) is 4.79 Å². The zero-order valence-corrected chi connectivity index (χ0v) is 15.9. The van der Waals surface area contributed by atoms with Gasteiger partial charge in [0, 0.05) is 0 Å². The van der Waals surface area contributed by atoms with Gasteiger partial charge in [-0.2, -0.15) is 0 Å². The third-order valence-electron chi connectivity index (χ3n) is 3.94. The number of hydrogen-bond donors (Lipinski definition) is 1. The molecule has 0 bridgehead atoms. The molecule has 0 spiro atoms. The maximum absolute atomic E-state index is 12.1. The van der Waals surface area contributed by atoms with Gasteiger partial charge >= 0.3 is 5.97 Å². The number of amides is 1. The molecule has 0 aromatic heterocycles. The maximum Gasteiger partial charge on any atom is 0.351 e. The number of nitrogens with one attached hydrogen (secondary N) is 1. The monoisotopic (exact) mass is 409 g/mol. The molecule has 142 valence electrons. The summed E-state index contributed by atoms with van der Waals surface area (Å²) >= 11 is 11.9. The maximum atomic E-state index is 12.1. The molecule has 2 aromatic rings. The number of hydrogen-bond acceptors (Lipinski definition) is 5. The van der Waals surface area contributed by atoms with Crippen molar-refractivity contribution in [3.63, 3.8) is 0 Å². The van der Waals surface area contributed by atoms with Gasteiger partial charge in [-0.15, -0.1) is 0 Å². The Morgan fingerprint density at radius 3 is 2.67 bits per heavy atom. The SMILES string of the molecule is C[C@@H](NC(=O)COC(=O)[C@H]1COc2ccccc2O1)c1ccc(Cl)c(Cl)c1. The van der Waals surface area contributed by atoms with Crippen molar-refractivity contribution in [3.05, 3.63) is 58.1 Å². The second-order valence-electron chi connectivity index (χ2n) is 5.93. The van der Waals surface area contributed by atoms with Crippen LogP contribution < -0.4 is 14.8 Å². The Kier molecular flexibility index (Phi) is 6.08. The van der Waals surface area contributed by atoms with E-state index in [-0.39, 0.29) is 12.6 Å². The number of esters is 1. The zero-order valence-electron chi connectivity index (χ0n) is 14.4. The van der Waals surface area contributed by atoms with Crippen molar-refractivity contribution in [1.29, 1.82) is 0 Å². The highest BCUT2D eigenvalue weighted by atomic mass is 35.5. The first-order valence-electron chi connectivity index (χ1n) is 8.23. The minimum Gasteiger partial charge on any atom is -0.485 e. The van der Waals surface area contributed by atoms with Gasteiger partial charge in [0.05, 0.1) is 16.1 Å². The Bertz CT molecular complexity index is 858. The third-order valence-corrected chi connectivity index (χ3v) is 4.68. The lowest BCUT2D eigenvalue weighted by Crippen LogP contribution is -2.40. The third kappa shape index (κ3) is 4.84. The van der Waals surface area contributed by atoms with Crippen LogP contribution in [0.25, 0.3) is 0 Å². The Morgan fingerprint density at radius 2 is 1.93 bits per heavy atom. The second-order valence-corrected chi connectivity index (χ2v) is 6.75. The molecule has 1 amide bonds. The van der Waals surface area contributed by atoms with Gasteiger partial charge in [-0.1, -0.05) is 41.4 Å². The second kappa shape index (κ2) is 8.50. The van der Waals surface area contributed by atoms with Crippen molar-refractivity contribution in [2.24, 2.45) is 0 Å². The summed E-state index contributed by atoms with van der Waals surface area (Å²) in [5.74, 6) is -0.0842. The molecule has 27 heavy (non-hydrogen) atoms. The van der Waals surface area contributed by atoms with Crippen LogP contribution >= 0.6 is 23.2 Å². The topological polar surface area (TPSA) is 73.9 Å². The molecule has 0 radical (unpaired) electrons. The molecule has 2 atom stereocenters. The molecule has 1 N–H and O–H groups in total. The van der Waals surface area contributed by atoms with E-state index in [0.717, 1.165) is 5.56 Å².